The molecular weight excluding hydrogens is 336 g/mol. The third kappa shape index (κ3) is 5.08. The second-order valence-electron chi connectivity index (χ2n) is 6.77. The smallest absolute Gasteiger partial charge is 0.408 e. The van der Waals surface area contributed by atoms with E-state index in [2.05, 4.69) is 5.32 Å². The first-order valence-corrected chi connectivity index (χ1v) is 8.45. The maximum atomic E-state index is 12.9. The molecule has 7 heteroatoms. The number of anilines is 1. The fourth-order valence-electron chi connectivity index (χ4n) is 2.49. The van der Waals surface area contributed by atoms with E-state index < -0.39 is 29.6 Å². The molecular formula is C19H24N2O5. The largest absolute Gasteiger partial charge is 0.465 e. The number of fused-ring (bicyclic) bond motifs is 1. The Morgan fingerprint density at radius 3 is 2.58 bits per heavy atom. The van der Waals surface area contributed by atoms with Crippen LogP contribution in [0.5, 0.6) is 0 Å². The highest BCUT2D eigenvalue weighted by Crippen LogP contribution is 2.26. The van der Waals surface area contributed by atoms with Crippen LogP contribution in [0.3, 0.4) is 0 Å². The van der Waals surface area contributed by atoms with Gasteiger partial charge in [-0.15, -0.1) is 0 Å². The van der Waals surface area contributed by atoms with Gasteiger partial charge in [-0.3, -0.25) is 14.5 Å². The number of alkyl carbamates (subject to hydrolysis) is 1. The highest BCUT2D eigenvalue weighted by molar-refractivity contribution is 6.06. The van der Waals surface area contributed by atoms with Crippen LogP contribution in [0, 0.1) is 0 Å². The molecule has 1 atom stereocenters. The number of ether oxygens (including phenoxy) is 2. The van der Waals surface area contributed by atoms with Crippen molar-refractivity contribution in [2.45, 2.75) is 39.3 Å². The number of amides is 2. The number of nitrogens with one attached hydrogen (secondary N) is 1. The van der Waals surface area contributed by atoms with Gasteiger partial charge in [-0.05, 0) is 39.3 Å². The first kappa shape index (κ1) is 19.5. The van der Waals surface area contributed by atoms with Crippen LogP contribution in [0.25, 0.3) is 6.08 Å². The second kappa shape index (κ2) is 8.03. The Bertz CT molecular complexity index is 721. The van der Waals surface area contributed by atoms with Crippen LogP contribution in [0.4, 0.5) is 10.5 Å². The Hall–Kier alpha value is -2.83. The molecule has 0 radical (unpaired) electrons. The van der Waals surface area contributed by atoms with E-state index in [1.54, 1.807) is 52.0 Å². The Morgan fingerprint density at radius 1 is 1.23 bits per heavy atom. The molecule has 1 aromatic rings. The number of para-hydroxylation sites is 1. The molecule has 2 amide bonds. The predicted octanol–water partition coefficient (Wildman–Crippen LogP) is 2.50. The summed E-state index contributed by atoms with van der Waals surface area (Å²) in [7, 11) is 0. The number of nitrogens with zero attached hydrogens (tertiary/aromatic N) is 1. The summed E-state index contributed by atoms with van der Waals surface area (Å²) in [6.07, 6.45) is 2.61. The van der Waals surface area contributed by atoms with Gasteiger partial charge in [-0.2, -0.15) is 0 Å². The van der Waals surface area contributed by atoms with E-state index in [1.807, 2.05) is 12.1 Å². The van der Waals surface area contributed by atoms with Crippen LogP contribution in [-0.4, -0.2) is 42.8 Å². The third-order valence-electron chi connectivity index (χ3n) is 3.49. The van der Waals surface area contributed by atoms with Crippen molar-refractivity contribution in [3.8, 4) is 0 Å². The number of carbonyl (C=O) groups is 3. The van der Waals surface area contributed by atoms with Gasteiger partial charge in [0.15, 0.2) is 0 Å². The van der Waals surface area contributed by atoms with Gasteiger partial charge < -0.3 is 14.8 Å². The molecule has 1 aromatic carbocycles. The van der Waals surface area contributed by atoms with E-state index in [0.717, 1.165) is 5.56 Å². The zero-order chi connectivity index (χ0) is 19.3. The average Bonchev–Trinajstić information content (AvgIpc) is 2.66. The van der Waals surface area contributed by atoms with Crippen molar-refractivity contribution in [2.24, 2.45) is 0 Å². The van der Waals surface area contributed by atoms with Crippen molar-refractivity contribution in [2.75, 3.05) is 18.1 Å². The lowest BCUT2D eigenvalue weighted by atomic mass is 10.1. The molecule has 1 aliphatic rings. The van der Waals surface area contributed by atoms with E-state index >= 15 is 0 Å². The minimum Gasteiger partial charge on any atom is -0.465 e. The monoisotopic (exact) mass is 360 g/mol. The Kier molecular flexibility index (Phi) is 6.02. The fourth-order valence-corrected chi connectivity index (χ4v) is 2.49. The molecule has 2 rings (SSSR count). The van der Waals surface area contributed by atoms with Crippen molar-refractivity contribution in [1.82, 2.24) is 5.32 Å². The summed E-state index contributed by atoms with van der Waals surface area (Å²) in [4.78, 5) is 38.3. The van der Waals surface area contributed by atoms with E-state index in [9.17, 15) is 14.4 Å². The Labute approximate surface area is 153 Å². The maximum Gasteiger partial charge on any atom is 0.408 e. The van der Waals surface area contributed by atoms with E-state index in [1.165, 1.54) is 4.90 Å². The highest BCUT2D eigenvalue weighted by atomic mass is 16.6. The van der Waals surface area contributed by atoms with Gasteiger partial charge in [-0.25, -0.2) is 4.79 Å². The minimum atomic E-state index is -0.952. The summed E-state index contributed by atoms with van der Waals surface area (Å²) < 4.78 is 10.2. The zero-order valence-electron chi connectivity index (χ0n) is 15.4. The van der Waals surface area contributed by atoms with Crippen LogP contribution in [0.1, 0.15) is 33.3 Å². The molecule has 0 saturated heterocycles. The lowest BCUT2D eigenvalue weighted by Gasteiger charge is -2.26. The molecule has 0 bridgehead atoms. The SMILES string of the molecule is CCOC(=O)CN1C(=O)[C@@H](NC(=O)OC(C)(C)C)C=Cc2ccccc21. The lowest BCUT2D eigenvalue weighted by molar-refractivity contribution is -0.142. The van der Waals surface area contributed by atoms with Crippen molar-refractivity contribution >= 4 is 29.7 Å². The van der Waals surface area contributed by atoms with Crippen LogP contribution in [0.2, 0.25) is 0 Å². The molecule has 1 heterocycles. The van der Waals surface area contributed by atoms with E-state index in [-0.39, 0.29) is 13.2 Å². The molecule has 7 nitrogen and oxygen atoms in total. The highest BCUT2D eigenvalue weighted by Gasteiger charge is 2.31. The third-order valence-corrected chi connectivity index (χ3v) is 3.49. The van der Waals surface area contributed by atoms with Gasteiger partial charge in [0, 0.05) is 0 Å². The van der Waals surface area contributed by atoms with Crippen LogP contribution in [-0.2, 0) is 19.1 Å². The molecule has 140 valence electrons. The number of hydrogen-bond acceptors (Lipinski definition) is 5. The first-order chi connectivity index (χ1) is 12.2. The first-order valence-electron chi connectivity index (χ1n) is 8.45. The van der Waals surface area contributed by atoms with Crippen molar-refractivity contribution in [3.63, 3.8) is 0 Å². The molecule has 0 spiro atoms. The number of carbonyl (C=O) groups excluding carboxylic acids is 3. The van der Waals surface area contributed by atoms with Crippen LogP contribution < -0.4 is 10.2 Å². The normalized spacial score (nSPS) is 16.5. The van der Waals surface area contributed by atoms with Gasteiger partial charge in [0.25, 0.3) is 5.91 Å². The average molecular weight is 360 g/mol. The summed E-state index contributed by atoms with van der Waals surface area (Å²) in [5, 5.41) is 2.54. The fraction of sp³-hybridized carbons (Fsp3) is 0.421. The summed E-state index contributed by atoms with van der Waals surface area (Å²) in [5.41, 5.74) is 0.656. The van der Waals surface area contributed by atoms with Gasteiger partial charge in [0.05, 0.1) is 12.3 Å². The Morgan fingerprint density at radius 2 is 1.92 bits per heavy atom. The van der Waals surface area contributed by atoms with Crippen molar-refractivity contribution in [1.29, 1.82) is 0 Å². The molecule has 0 fully saturated rings. The van der Waals surface area contributed by atoms with Gasteiger partial charge >= 0.3 is 12.1 Å². The summed E-state index contributed by atoms with van der Waals surface area (Å²) in [6, 6.07) is 6.23. The standard InChI is InChI=1S/C19H24N2O5/c1-5-25-16(22)12-21-15-9-7-6-8-13(15)10-11-14(17(21)23)20-18(24)26-19(2,3)4/h6-11,14H,5,12H2,1-4H3,(H,20,24)/t14-/m0/s1. The Balaban J connectivity index is 2.26. The molecule has 0 aromatic heterocycles. The molecule has 1 N–H and O–H groups in total. The summed E-state index contributed by atoms with van der Waals surface area (Å²) in [6.45, 7) is 6.89. The second-order valence-corrected chi connectivity index (χ2v) is 6.77. The number of benzene rings is 1. The summed E-state index contributed by atoms with van der Waals surface area (Å²) in [5.74, 6) is -0.960. The van der Waals surface area contributed by atoms with E-state index in [4.69, 9.17) is 9.47 Å². The quantitative estimate of drug-likeness (QED) is 0.834. The van der Waals surface area contributed by atoms with Crippen LogP contribution >= 0.6 is 0 Å². The van der Waals surface area contributed by atoms with Gasteiger partial charge in [-0.1, -0.05) is 30.4 Å². The minimum absolute atomic E-state index is 0.223. The molecule has 26 heavy (non-hydrogen) atoms. The lowest BCUT2D eigenvalue weighted by Crippen LogP contribution is -2.50. The molecule has 0 saturated carbocycles. The molecule has 0 unspecified atom stereocenters. The van der Waals surface area contributed by atoms with Crippen molar-refractivity contribution in [3.05, 3.63) is 35.9 Å². The van der Waals surface area contributed by atoms with Gasteiger partial charge in [0.2, 0.25) is 0 Å². The molecule has 1 aliphatic heterocycles. The van der Waals surface area contributed by atoms with Gasteiger partial charge in [0.1, 0.15) is 18.2 Å². The predicted molar refractivity (Wildman–Crippen MR) is 97.6 cm³/mol. The zero-order valence-corrected chi connectivity index (χ0v) is 15.4. The van der Waals surface area contributed by atoms with Crippen molar-refractivity contribution < 1.29 is 23.9 Å². The number of esters is 1. The van der Waals surface area contributed by atoms with E-state index in [0.29, 0.717) is 5.69 Å². The topological polar surface area (TPSA) is 84.9 Å². The maximum absolute atomic E-state index is 12.9. The summed E-state index contributed by atoms with van der Waals surface area (Å²) >= 11 is 0. The number of hydrogen-bond donors (Lipinski definition) is 1. The number of rotatable bonds is 4. The molecule has 0 aliphatic carbocycles. The van der Waals surface area contributed by atoms with Crippen LogP contribution in [0.15, 0.2) is 30.3 Å².